The van der Waals surface area contributed by atoms with Crippen LogP contribution in [0.2, 0.25) is 0 Å². The number of rotatable bonds is 1. The Morgan fingerprint density at radius 2 is 1.59 bits per heavy atom. The molecule has 0 aliphatic rings. The molecule has 2 aromatic carbocycles. The third-order valence-electron chi connectivity index (χ3n) is 3.01. The SMILES string of the molecule is O=c1oc2ccccc2cc1C#CS(=O)(=O)c1ccccc1. The van der Waals surface area contributed by atoms with E-state index in [-0.39, 0.29) is 10.5 Å². The maximum Gasteiger partial charge on any atom is 0.352 e. The molecular formula is C17H10O4S. The van der Waals surface area contributed by atoms with Gasteiger partial charge in [0, 0.05) is 10.6 Å². The fourth-order valence-corrected chi connectivity index (χ4v) is 2.81. The lowest BCUT2D eigenvalue weighted by Gasteiger charge is -1.96. The van der Waals surface area contributed by atoms with Crippen LogP contribution >= 0.6 is 0 Å². The van der Waals surface area contributed by atoms with Crippen LogP contribution in [-0.2, 0) is 9.84 Å². The number of fused-ring (bicyclic) bond motifs is 1. The molecule has 0 atom stereocenters. The van der Waals surface area contributed by atoms with Gasteiger partial charge in [-0.15, -0.1) is 0 Å². The van der Waals surface area contributed by atoms with Gasteiger partial charge < -0.3 is 4.42 Å². The van der Waals surface area contributed by atoms with Gasteiger partial charge in [0.25, 0.3) is 0 Å². The Kier molecular flexibility index (Phi) is 3.53. The summed E-state index contributed by atoms with van der Waals surface area (Å²) in [7, 11) is -3.77. The van der Waals surface area contributed by atoms with Gasteiger partial charge in [-0.1, -0.05) is 36.4 Å². The first kappa shape index (κ1) is 14.1. The number of hydrogen-bond donors (Lipinski definition) is 0. The predicted molar refractivity (Wildman–Crippen MR) is 83.0 cm³/mol. The van der Waals surface area contributed by atoms with E-state index in [9.17, 15) is 13.2 Å². The Morgan fingerprint density at radius 3 is 2.36 bits per heavy atom. The van der Waals surface area contributed by atoms with Crippen molar-refractivity contribution in [2.75, 3.05) is 0 Å². The molecule has 0 amide bonds. The zero-order valence-electron chi connectivity index (χ0n) is 11.3. The average molecular weight is 310 g/mol. The van der Waals surface area contributed by atoms with Gasteiger partial charge in [-0.25, -0.2) is 13.2 Å². The number of benzene rings is 2. The Morgan fingerprint density at radius 1 is 0.909 bits per heavy atom. The number of para-hydroxylation sites is 1. The van der Waals surface area contributed by atoms with Crippen LogP contribution in [-0.4, -0.2) is 8.42 Å². The molecule has 3 aromatic rings. The standard InChI is InChI=1S/C17H10O4S/c18-17-14(12-13-6-4-5-9-16(13)21-17)10-11-22(19,20)15-7-2-1-3-8-15/h1-9,12H. The molecule has 0 saturated carbocycles. The largest absolute Gasteiger partial charge is 0.422 e. The summed E-state index contributed by atoms with van der Waals surface area (Å²) in [5.74, 6) is 2.40. The molecule has 4 nitrogen and oxygen atoms in total. The quantitative estimate of drug-likeness (QED) is 0.512. The lowest BCUT2D eigenvalue weighted by molar-refractivity contribution is 0.559. The molecule has 0 fully saturated rings. The molecule has 22 heavy (non-hydrogen) atoms. The maximum absolute atomic E-state index is 12.1. The number of hydrogen-bond acceptors (Lipinski definition) is 4. The van der Waals surface area contributed by atoms with Crippen molar-refractivity contribution in [3.05, 3.63) is 76.6 Å². The van der Waals surface area contributed by atoms with Crippen LogP contribution in [0.5, 0.6) is 0 Å². The summed E-state index contributed by atoms with van der Waals surface area (Å²) in [6, 6.07) is 16.3. The lowest BCUT2D eigenvalue weighted by Crippen LogP contribution is -2.04. The zero-order valence-corrected chi connectivity index (χ0v) is 12.1. The number of sulfone groups is 1. The Bertz CT molecular complexity index is 1050. The van der Waals surface area contributed by atoms with E-state index >= 15 is 0 Å². The van der Waals surface area contributed by atoms with Crippen LogP contribution in [0, 0.1) is 11.2 Å². The summed E-state index contributed by atoms with van der Waals surface area (Å²) in [5.41, 5.74) is -0.211. The fraction of sp³-hybridized carbons (Fsp3) is 0. The third kappa shape index (κ3) is 2.78. The highest BCUT2D eigenvalue weighted by atomic mass is 32.2. The first-order valence-corrected chi connectivity index (χ1v) is 7.90. The smallest absolute Gasteiger partial charge is 0.352 e. The molecular weight excluding hydrogens is 300 g/mol. The zero-order chi connectivity index (χ0) is 15.6. The predicted octanol–water partition coefficient (Wildman–Crippen LogP) is 2.58. The molecule has 0 saturated heterocycles. The van der Waals surface area contributed by atoms with Crippen LogP contribution in [0.3, 0.4) is 0 Å². The fourth-order valence-electron chi connectivity index (χ4n) is 1.93. The topological polar surface area (TPSA) is 64.3 Å². The van der Waals surface area contributed by atoms with Gasteiger partial charge in [-0.2, -0.15) is 0 Å². The van der Waals surface area contributed by atoms with E-state index in [1.165, 1.54) is 18.2 Å². The van der Waals surface area contributed by atoms with Crippen molar-refractivity contribution in [3.8, 4) is 11.2 Å². The van der Waals surface area contributed by atoms with Gasteiger partial charge in [0.1, 0.15) is 11.1 Å². The van der Waals surface area contributed by atoms with Gasteiger partial charge in [-0.3, -0.25) is 0 Å². The van der Waals surface area contributed by atoms with Gasteiger partial charge in [0.2, 0.25) is 9.84 Å². The van der Waals surface area contributed by atoms with Gasteiger partial charge in [0.05, 0.1) is 4.90 Å². The minimum absolute atomic E-state index is 0.0122. The normalized spacial score (nSPS) is 10.9. The van der Waals surface area contributed by atoms with E-state index in [1.54, 1.807) is 42.5 Å². The molecule has 0 bridgehead atoms. The average Bonchev–Trinajstić information content (AvgIpc) is 2.54. The Labute approximate surface area is 126 Å². The summed E-state index contributed by atoms with van der Waals surface area (Å²) >= 11 is 0. The van der Waals surface area contributed by atoms with Crippen LogP contribution in [0.15, 0.2) is 74.8 Å². The minimum atomic E-state index is -3.77. The highest BCUT2D eigenvalue weighted by molar-refractivity contribution is 7.96. The monoisotopic (exact) mass is 310 g/mol. The van der Waals surface area contributed by atoms with E-state index in [0.29, 0.717) is 11.0 Å². The van der Waals surface area contributed by atoms with Crippen molar-refractivity contribution in [2.24, 2.45) is 0 Å². The van der Waals surface area contributed by atoms with Crippen LogP contribution in [0.25, 0.3) is 11.0 Å². The highest BCUT2D eigenvalue weighted by Gasteiger charge is 2.10. The maximum atomic E-state index is 12.1. The van der Waals surface area contributed by atoms with Crippen molar-refractivity contribution in [3.63, 3.8) is 0 Å². The molecule has 1 aromatic heterocycles. The second-order valence-corrected chi connectivity index (χ2v) is 6.21. The molecule has 0 unspecified atom stereocenters. The van der Waals surface area contributed by atoms with Gasteiger partial charge in [-0.05, 0) is 30.2 Å². The first-order valence-electron chi connectivity index (χ1n) is 6.42. The van der Waals surface area contributed by atoms with E-state index < -0.39 is 15.5 Å². The molecule has 0 aliphatic heterocycles. The molecule has 0 aliphatic carbocycles. The summed E-state index contributed by atoms with van der Waals surface area (Å²) in [6.07, 6.45) is 0. The molecule has 108 valence electrons. The second kappa shape index (κ2) is 5.51. The van der Waals surface area contributed by atoms with E-state index in [1.807, 2.05) is 0 Å². The van der Waals surface area contributed by atoms with Crippen molar-refractivity contribution in [2.45, 2.75) is 4.90 Å². The summed E-state index contributed by atoms with van der Waals surface area (Å²) in [4.78, 5) is 11.9. The minimum Gasteiger partial charge on any atom is -0.422 e. The van der Waals surface area contributed by atoms with Crippen LogP contribution < -0.4 is 5.63 Å². The molecule has 3 rings (SSSR count). The second-order valence-electron chi connectivity index (χ2n) is 4.53. The highest BCUT2D eigenvalue weighted by Crippen LogP contribution is 2.13. The summed E-state index contributed by atoms with van der Waals surface area (Å²) in [6.45, 7) is 0. The Hall–Kier alpha value is -2.84. The third-order valence-corrected chi connectivity index (χ3v) is 4.28. The van der Waals surface area contributed by atoms with Crippen molar-refractivity contribution in [1.82, 2.24) is 0 Å². The van der Waals surface area contributed by atoms with E-state index in [2.05, 4.69) is 11.2 Å². The molecule has 0 radical (unpaired) electrons. The van der Waals surface area contributed by atoms with Crippen molar-refractivity contribution in [1.29, 1.82) is 0 Å². The van der Waals surface area contributed by atoms with Crippen LogP contribution in [0.4, 0.5) is 0 Å². The lowest BCUT2D eigenvalue weighted by atomic mass is 10.2. The van der Waals surface area contributed by atoms with Gasteiger partial charge >= 0.3 is 5.63 Å². The molecule has 0 spiro atoms. The van der Waals surface area contributed by atoms with E-state index in [0.717, 1.165) is 0 Å². The molecule has 5 heteroatoms. The molecule has 1 heterocycles. The van der Waals surface area contributed by atoms with Gasteiger partial charge in [0.15, 0.2) is 0 Å². The van der Waals surface area contributed by atoms with Crippen LogP contribution in [0.1, 0.15) is 5.56 Å². The molecule has 0 N–H and O–H groups in total. The summed E-state index contributed by atoms with van der Waals surface area (Å²) in [5, 5.41) is 2.84. The Balaban J connectivity index is 2.08. The van der Waals surface area contributed by atoms with Crippen molar-refractivity contribution >= 4 is 20.8 Å². The first-order chi connectivity index (χ1) is 10.6. The van der Waals surface area contributed by atoms with Crippen molar-refractivity contribution < 1.29 is 12.8 Å². The van der Waals surface area contributed by atoms with E-state index in [4.69, 9.17) is 4.42 Å². The summed E-state index contributed by atoms with van der Waals surface area (Å²) < 4.78 is 29.3.